The van der Waals surface area contributed by atoms with E-state index in [1.165, 1.54) is 0 Å². The van der Waals surface area contributed by atoms with Crippen LogP contribution in [0.25, 0.3) is 0 Å². The number of aryl methyl sites for hydroxylation is 2. The third-order valence-electron chi connectivity index (χ3n) is 6.33. The molecule has 2 aromatic rings. The minimum absolute atomic E-state index is 0.0157. The molecule has 2 saturated heterocycles. The van der Waals surface area contributed by atoms with Crippen LogP contribution in [0.5, 0.6) is 0 Å². The Morgan fingerprint density at radius 2 is 1.83 bits per heavy atom. The summed E-state index contributed by atoms with van der Waals surface area (Å²) in [5, 5.41) is 15.7. The van der Waals surface area contributed by atoms with Gasteiger partial charge in [0.05, 0.1) is 11.7 Å². The van der Waals surface area contributed by atoms with Crippen molar-refractivity contribution in [3.05, 3.63) is 52.9 Å². The lowest BCUT2D eigenvalue weighted by atomic mass is 10.0. The van der Waals surface area contributed by atoms with Gasteiger partial charge in [-0.25, -0.2) is 4.79 Å². The maximum atomic E-state index is 12.9. The van der Waals surface area contributed by atoms with E-state index in [4.69, 9.17) is 4.52 Å². The number of carbonyl (C=O) groups excluding carboxylic acids is 1. The highest BCUT2D eigenvalue weighted by Crippen LogP contribution is 2.33. The molecule has 8 nitrogen and oxygen atoms in total. The normalized spacial score (nSPS) is 22.1. The van der Waals surface area contributed by atoms with Crippen LogP contribution >= 0.6 is 0 Å². The van der Waals surface area contributed by atoms with Crippen molar-refractivity contribution in [3.8, 4) is 0 Å². The van der Waals surface area contributed by atoms with Crippen LogP contribution < -0.4 is 5.32 Å². The molecule has 1 aromatic heterocycles. The van der Waals surface area contributed by atoms with Gasteiger partial charge in [0.2, 0.25) is 0 Å². The summed E-state index contributed by atoms with van der Waals surface area (Å²) in [7, 11) is 0. The molecule has 3 atom stereocenters. The van der Waals surface area contributed by atoms with Crippen molar-refractivity contribution in [2.75, 3.05) is 32.7 Å². The number of carbonyl (C=O) groups is 2. The fourth-order valence-electron chi connectivity index (χ4n) is 4.85. The van der Waals surface area contributed by atoms with Crippen molar-refractivity contribution in [3.63, 3.8) is 0 Å². The lowest BCUT2D eigenvalue weighted by Gasteiger charge is -2.24. The van der Waals surface area contributed by atoms with E-state index >= 15 is 0 Å². The molecule has 160 valence electrons. The zero-order valence-electron chi connectivity index (χ0n) is 17.4. The molecular formula is C22H28N4O4. The second-order valence-electron chi connectivity index (χ2n) is 8.39. The first-order chi connectivity index (χ1) is 14.4. The van der Waals surface area contributed by atoms with Crippen LogP contribution in [0, 0.1) is 25.7 Å². The van der Waals surface area contributed by atoms with Crippen molar-refractivity contribution in [1.29, 1.82) is 0 Å². The second kappa shape index (κ2) is 8.47. The molecule has 2 N–H and O–H groups in total. The number of hydrogen-bond donors (Lipinski definition) is 2. The molecule has 2 amide bonds. The monoisotopic (exact) mass is 412 g/mol. The van der Waals surface area contributed by atoms with E-state index < -0.39 is 6.09 Å². The Labute approximate surface area is 175 Å². The van der Waals surface area contributed by atoms with E-state index in [-0.39, 0.29) is 11.9 Å². The van der Waals surface area contributed by atoms with Crippen LogP contribution in [-0.2, 0) is 0 Å². The number of fused-ring (bicyclic) bond motifs is 1. The average Bonchev–Trinajstić information content (AvgIpc) is 3.38. The molecule has 2 aliphatic heterocycles. The van der Waals surface area contributed by atoms with Gasteiger partial charge in [0.1, 0.15) is 11.3 Å². The summed E-state index contributed by atoms with van der Waals surface area (Å²) in [5.74, 6) is 1.50. The molecule has 2 fully saturated rings. The highest BCUT2D eigenvalue weighted by molar-refractivity contribution is 5.96. The van der Waals surface area contributed by atoms with Crippen LogP contribution in [0.4, 0.5) is 4.79 Å². The molecule has 0 saturated carbocycles. The molecule has 0 bridgehead atoms. The molecule has 2 unspecified atom stereocenters. The zero-order chi connectivity index (χ0) is 21.3. The Bertz CT molecular complexity index is 880. The summed E-state index contributed by atoms with van der Waals surface area (Å²) in [5.41, 5.74) is 2.22. The fraction of sp³-hybridized carbons (Fsp3) is 0.500. The van der Waals surface area contributed by atoms with Crippen molar-refractivity contribution < 1.29 is 19.2 Å². The lowest BCUT2D eigenvalue weighted by Crippen LogP contribution is -2.35. The average molecular weight is 412 g/mol. The van der Waals surface area contributed by atoms with E-state index in [2.05, 4.69) is 15.4 Å². The Kier molecular flexibility index (Phi) is 5.76. The summed E-state index contributed by atoms with van der Waals surface area (Å²) < 4.78 is 5.15. The first kappa shape index (κ1) is 20.4. The molecule has 8 heteroatoms. The first-order valence-electron chi connectivity index (χ1n) is 10.4. The Morgan fingerprint density at radius 1 is 1.17 bits per heavy atom. The molecule has 0 aliphatic carbocycles. The SMILES string of the molecule is Cc1noc(C)c1C(=O)N1CC2CN(CCC(NC(=O)O)c3ccccc3)C[C@H]2C1. The van der Waals surface area contributed by atoms with Gasteiger partial charge in [0.15, 0.2) is 0 Å². The van der Waals surface area contributed by atoms with E-state index in [1.54, 1.807) is 13.8 Å². The smallest absolute Gasteiger partial charge is 0.405 e. The van der Waals surface area contributed by atoms with Gasteiger partial charge in [-0.05, 0) is 37.7 Å². The zero-order valence-corrected chi connectivity index (χ0v) is 17.4. The van der Waals surface area contributed by atoms with Gasteiger partial charge in [0, 0.05) is 32.7 Å². The van der Waals surface area contributed by atoms with Gasteiger partial charge in [-0.15, -0.1) is 0 Å². The molecule has 1 aromatic carbocycles. The molecular weight excluding hydrogens is 384 g/mol. The maximum absolute atomic E-state index is 12.9. The molecule has 4 rings (SSSR count). The standard InChI is InChI=1S/C22H28N4O4/c1-14-20(15(2)30-24-14)21(27)26-12-17-10-25(11-18(17)13-26)9-8-19(23-22(28)29)16-6-4-3-5-7-16/h3-7,17-19,23H,8-13H2,1-2H3,(H,28,29)/t17-,18?,19?/m0/s1. The largest absolute Gasteiger partial charge is 0.465 e. The lowest BCUT2D eigenvalue weighted by molar-refractivity contribution is 0.0771. The van der Waals surface area contributed by atoms with Gasteiger partial charge in [-0.2, -0.15) is 0 Å². The second-order valence-corrected chi connectivity index (χ2v) is 8.39. The van der Waals surface area contributed by atoms with Crippen molar-refractivity contribution in [1.82, 2.24) is 20.3 Å². The summed E-state index contributed by atoms with van der Waals surface area (Å²) in [6.45, 7) is 7.77. The predicted octanol–water partition coefficient (Wildman–Crippen LogP) is 2.69. The number of nitrogens with zero attached hydrogens (tertiary/aromatic N) is 3. The number of carboxylic acid groups (broad SMARTS) is 1. The van der Waals surface area contributed by atoms with Gasteiger partial charge in [-0.3, -0.25) is 4.79 Å². The van der Waals surface area contributed by atoms with E-state index in [0.717, 1.165) is 44.7 Å². The Morgan fingerprint density at radius 3 is 2.40 bits per heavy atom. The summed E-state index contributed by atoms with van der Waals surface area (Å²) in [6, 6.07) is 9.47. The number of likely N-dealkylation sites (tertiary alicyclic amines) is 2. The number of amides is 2. The number of nitrogens with one attached hydrogen (secondary N) is 1. The molecule has 2 aliphatic rings. The molecule has 0 radical (unpaired) electrons. The highest BCUT2D eigenvalue weighted by atomic mass is 16.5. The van der Waals surface area contributed by atoms with E-state index in [1.807, 2.05) is 35.2 Å². The van der Waals surface area contributed by atoms with Crippen LogP contribution in [0.2, 0.25) is 0 Å². The van der Waals surface area contributed by atoms with Crippen molar-refractivity contribution in [2.24, 2.45) is 11.8 Å². The number of benzene rings is 1. The minimum Gasteiger partial charge on any atom is -0.465 e. The fourth-order valence-corrected chi connectivity index (χ4v) is 4.85. The quantitative estimate of drug-likeness (QED) is 0.757. The minimum atomic E-state index is -1.00. The third kappa shape index (κ3) is 4.18. The topological polar surface area (TPSA) is 98.9 Å². The van der Waals surface area contributed by atoms with Crippen LogP contribution in [0.1, 0.15) is 39.8 Å². The maximum Gasteiger partial charge on any atom is 0.405 e. The summed E-state index contributed by atoms with van der Waals surface area (Å²) in [4.78, 5) is 28.4. The first-order valence-corrected chi connectivity index (χ1v) is 10.4. The predicted molar refractivity (Wildman–Crippen MR) is 110 cm³/mol. The van der Waals surface area contributed by atoms with Gasteiger partial charge >= 0.3 is 6.09 Å². The van der Waals surface area contributed by atoms with E-state index in [0.29, 0.717) is 28.9 Å². The van der Waals surface area contributed by atoms with Gasteiger partial charge < -0.3 is 24.7 Å². The van der Waals surface area contributed by atoms with Gasteiger partial charge in [0.25, 0.3) is 5.91 Å². The number of rotatable bonds is 6. The third-order valence-corrected chi connectivity index (χ3v) is 6.33. The van der Waals surface area contributed by atoms with Crippen LogP contribution in [-0.4, -0.2) is 64.8 Å². The molecule has 0 spiro atoms. The molecule has 30 heavy (non-hydrogen) atoms. The number of hydrogen-bond acceptors (Lipinski definition) is 5. The number of aromatic nitrogens is 1. The summed E-state index contributed by atoms with van der Waals surface area (Å²) in [6.07, 6.45) is -0.284. The van der Waals surface area contributed by atoms with Gasteiger partial charge in [-0.1, -0.05) is 35.5 Å². The van der Waals surface area contributed by atoms with Crippen molar-refractivity contribution >= 4 is 12.0 Å². The van der Waals surface area contributed by atoms with Crippen LogP contribution in [0.3, 0.4) is 0 Å². The van der Waals surface area contributed by atoms with Crippen LogP contribution in [0.15, 0.2) is 34.9 Å². The summed E-state index contributed by atoms with van der Waals surface area (Å²) >= 11 is 0. The highest BCUT2D eigenvalue weighted by Gasteiger charge is 2.42. The Balaban J connectivity index is 1.32. The molecule has 3 heterocycles. The van der Waals surface area contributed by atoms with E-state index in [9.17, 15) is 14.7 Å². The van der Waals surface area contributed by atoms with Crippen molar-refractivity contribution in [2.45, 2.75) is 26.3 Å². The Hall–Kier alpha value is -2.87.